The molecule has 3 aromatic carbocycles. The lowest BCUT2D eigenvalue weighted by molar-refractivity contribution is 0.0949. The van der Waals surface area contributed by atoms with Crippen molar-refractivity contribution in [2.45, 2.75) is 20.0 Å². The Bertz CT molecular complexity index is 1120. The highest BCUT2D eigenvalue weighted by atomic mass is 16.5. The minimum Gasteiger partial charge on any atom is -0.492 e. The van der Waals surface area contributed by atoms with Crippen molar-refractivity contribution < 1.29 is 9.53 Å². The third-order valence-electron chi connectivity index (χ3n) is 4.75. The zero-order valence-electron chi connectivity index (χ0n) is 16.3. The molecule has 29 heavy (non-hydrogen) atoms. The van der Waals surface area contributed by atoms with Crippen LogP contribution in [-0.2, 0) is 13.1 Å². The zero-order valence-corrected chi connectivity index (χ0v) is 16.3. The Kier molecular flexibility index (Phi) is 5.56. The van der Waals surface area contributed by atoms with Gasteiger partial charge in [0.25, 0.3) is 5.91 Å². The number of fused-ring (bicyclic) bond motifs is 1. The molecule has 0 radical (unpaired) electrons. The van der Waals surface area contributed by atoms with Crippen LogP contribution in [0.15, 0.2) is 78.9 Å². The van der Waals surface area contributed by atoms with E-state index >= 15 is 0 Å². The summed E-state index contributed by atoms with van der Waals surface area (Å²) < 4.78 is 7.96. The summed E-state index contributed by atoms with van der Waals surface area (Å²) in [6.45, 7) is 3.49. The van der Waals surface area contributed by atoms with Crippen molar-refractivity contribution in [3.05, 3.63) is 95.8 Å². The average molecular weight is 385 g/mol. The molecule has 0 atom stereocenters. The maximum atomic E-state index is 12.5. The number of hydrogen-bond acceptors (Lipinski definition) is 3. The van der Waals surface area contributed by atoms with Gasteiger partial charge in [-0.15, -0.1) is 0 Å². The van der Waals surface area contributed by atoms with E-state index in [9.17, 15) is 4.79 Å². The summed E-state index contributed by atoms with van der Waals surface area (Å²) in [5.41, 5.74) is 3.65. The van der Waals surface area contributed by atoms with E-state index in [0.29, 0.717) is 25.3 Å². The van der Waals surface area contributed by atoms with Crippen molar-refractivity contribution >= 4 is 16.9 Å². The summed E-state index contributed by atoms with van der Waals surface area (Å²) in [7, 11) is 0. The number of hydrogen-bond donors (Lipinski definition) is 1. The van der Waals surface area contributed by atoms with Crippen LogP contribution >= 0.6 is 0 Å². The van der Waals surface area contributed by atoms with E-state index in [1.165, 1.54) is 0 Å². The highest BCUT2D eigenvalue weighted by Crippen LogP contribution is 2.17. The number of ether oxygens (including phenoxy) is 1. The molecular formula is C24H23N3O2. The summed E-state index contributed by atoms with van der Waals surface area (Å²) in [5.74, 6) is 1.54. The Labute approximate surface area is 170 Å². The van der Waals surface area contributed by atoms with Crippen molar-refractivity contribution in [1.82, 2.24) is 14.9 Å². The number of aryl methyl sites for hydroxylation is 1. The molecule has 1 amide bonds. The van der Waals surface area contributed by atoms with E-state index in [-0.39, 0.29) is 5.91 Å². The highest BCUT2D eigenvalue weighted by molar-refractivity contribution is 5.94. The lowest BCUT2D eigenvalue weighted by Crippen LogP contribution is -2.25. The van der Waals surface area contributed by atoms with Crippen LogP contribution < -0.4 is 10.1 Å². The van der Waals surface area contributed by atoms with Crippen LogP contribution in [0.3, 0.4) is 0 Å². The van der Waals surface area contributed by atoms with Gasteiger partial charge in [0.1, 0.15) is 18.2 Å². The second kappa shape index (κ2) is 8.61. The second-order valence-electron chi connectivity index (χ2n) is 6.88. The predicted octanol–water partition coefficient (Wildman–Crippen LogP) is 4.35. The number of carbonyl (C=O) groups is 1. The first kappa shape index (κ1) is 18.7. The maximum Gasteiger partial charge on any atom is 0.251 e. The monoisotopic (exact) mass is 385 g/mol. The van der Waals surface area contributed by atoms with Crippen LogP contribution in [0.4, 0.5) is 0 Å². The van der Waals surface area contributed by atoms with E-state index in [1.54, 1.807) is 0 Å². The fourth-order valence-corrected chi connectivity index (χ4v) is 3.33. The number of rotatable bonds is 7. The summed E-state index contributed by atoms with van der Waals surface area (Å²) in [6.07, 6.45) is 0. The highest BCUT2D eigenvalue weighted by Gasteiger charge is 2.12. The second-order valence-corrected chi connectivity index (χ2v) is 6.88. The van der Waals surface area contributed by atoms with Gasteiger partial charge in [0, 0.05) is 5.56 Å². The van der Waals surface area contributed by atoms with Gasteiger partial charge >= 0.3 is 0 Å². The minimum absolute atomic E-state index is 0.104. The normalized spacial score (nSPS) is 10.8. The molecule has 1 aromatic heterocycles. The van der Waals surface area contributed by atoms with Crippen molar-refractivity contribution in [2.75, 3.05) is 6.61 Å². The topological polar surface area (TPSA) is 56.2 Å². The van der Waals surface area contributed by atoms with Crippen molar-refractivity contribution in [2.24, 2.45) is 0 Å². The quantitative estimate of drug-likeness (QED) is 0.514. The number of amides is 1. The van der Waals surface area contributed by atoms with Crippen molar-refractivity contribution in [1.29, 1.82) is 0 Å². The molecular weight excluding hydrogens is 362 g/mol. The van der Waals surface area contributed by atoms with Crippen LogP contribution in [-0.4, -0.2) is 22.1 Å². The molecule has 0 spiro atoms. The third-order valence-corrected chi connectivity index (χ3v) is 4.75. The van der Waals surface area contributed by atoms with Gasteiger partial charge in [0.05, 0.1) is 24.1 Å². The van der Waals surface area contributed by atoms with Crippen molar-refractivity contribution in [3.8, 4) is 5.75 Å². The molecule has 1 N–H and O–H groups in total. The molecule has 0 unspecified atom stereocenters. The van der Waals surface area contributed by atoms with Crippen LogP contribution in [0.1, 0.15) is 21.7 Å². The molecule has 0 bridgehead atoms. The Hall–Kier alpha value is -3.60. The number of para-hydroxylation sites is 3. The molecule has 4 rings (SSSR count). The molecule has 0 aliphatic carbocycles. The minimum atomic E-state index is -0.104. The molecule has 146 valence electrons. The summed E-state index contributed by atoms with van der Waals surface area (Å²) >= 11 is 0. The molecule has 5 heteroatoms. The van der Waals surface area contributed by atoms with Crippen LogP contribution in [0.25, 0.3) is 11.0 Å². The van der Waals surface area contributed by atoms with Crippen LogP contribution in [0.2, 0.25) is 0 Å². The van der Waals surface area contributed by atoms with Gasteiger partial charge in [-0.05, 0) is 43.3 Å². The lowest BCUT2D eigenvalue weighted by Gasteiger charge is -2.12. The fourth-order valence-electron chi connectivity index (χ4n) is 3.33. The maximum absolute atomic E-state index is 12.5. The molecule has 0 saturated carbocycles. The predicted molar refractivity (Wildman–Crippen MR) is 114 cm³/mol. The molecule has 0 aliphatic heterocycles. The first-order valence-corrected chi connectivity index (χ1v) is 9.67. The average Bonchev–Trinajstić information content (AvgIpc) is 3.10. The first-order valence-electron chi connectivity index (χ1n) is 9.67. The molecule has 0 saturated heterocycles. The Morgan fingerprint density at radius 1 is 1.00 bits per heavy atom. The molecule has 0 fully saturated rings. The zero-order chi connectivity index (χ0) is 20.1. The molecule has 4 aromatic rings. The van der Waals surface area contributed by atoms with Crippen LogP contribution in [0, 0.1) is 6.92 Å². The molecule has 5 nitrogen and oxygen atoms in total. The van der Waals surface area contributed by atoms with E-state index < -0.39 is 0 Å². The van der Waals surface area contributed by atoms with E-state index in [4.69, 9.17) is 9.72 Å². The van der Waals surface area contributed by atoms with Gasteiger partial charge in [-0.2, -0.15) is 0 Å². The van der Waals surface area contributed by atoms with Crippen molar-refractivity contribution in [3.63, 3.8) is 0 Å². The molecule has 0 aliphatic rings. The summed E-state index contributed by atoms with van der Waals surface area (Å²) in [6, 6.07) is 25.3. The first-order chi connectivity index (χ1) is 14.2. The number of nitrogens with zero attached hydrogens (tertiary/aromatic N) is 2. The van der Waals surface area contributed by atoms with Gasteiger partial charge in [0.2, 0.25) is 0 Å². The lowest BCUT2D eigenvalue weighted by atomic mass is 10.1. The fraction of sp³-hybridized carbons (Fsp3) is 0.167. The van der Waals surface area contributed by atoms with Gasteiger partial charge in [-0.25, -0.2) is 4.98 Å². The number of aromatic nitrogens is 2. The Morgan fingerprint density at radius 3 is 2.62 bits per heavy atom. The summed E-state index contributed by atoms with van der Waals surface area (Å²) in [5, 5.41) is 2.99. The smallest absolute Gasteiger partial charge is 0.251 e. The third kappa shape index (κ3) is 4.46. The Balaban J connectivity index is 1.49. The SMILES string of the molecule is Cc1cccc(C(=O)NCc2nc3ccccc3n2CCOc2ccccc2)c1. The van der Waals surface area contributed by atoms with Gasteiger partial charge in [-0.3, -0.25) is 4.79 Å². The van der Waals surface area contributed by atoms with E-state index in [2.05, 4.69) is 9.88 Å². The van der Waals surface area contributed by atoms with Gasteiger partial charge in [-0.1, -0.05) is 48.0 Å². The number of nitrogens with one attached hydrogen (secondary N) is 1. The van der Waals surface area contributed by atoms with Gasteiger partial charge < -0.3 is 14.6 Å². The number of carbonyl (C=O) groups excluding carboxylic acids is 1. The van der Waals surface area contributed by atoms with Gasteiger partial charge in [0.15, 0.2) is 0 Å². The Morgan fingerprint density at radius 2 is 1.79 bits per heavy atom. The number of benzene rings is 3. The summed E-state index contributed by atoms with van der Waals surface area (Å²) in [4.78, 5) is 17.2. The van der Waals surface area contributed by atoms with Crippen LogP contribution in [0.5, 0.6) is 5.75 Å². The standard InChI is InChI=1S/C24H23N3O2/c1-18-8-7-9-19(16-18)24(28)25-17-23-26-21-12-5-6-13-22(21)27(23)14-15-29-20-10-3-2-4-11-20/h2-13,16H,14-15,17H2,1H3,(H,25,28). The van der Waals surface area contributed by atoms with E-state index in [0.717, 1.165) is 28.2 Å². The largest absolute Gasteiger partial charge is 0.492 e. The van der Waals surface area contributed by atoms with E-state index in [1.807, 2.05) is 85.8 Å². The number of imidazole rings is 1. The molecule has 1 heterocycles.